The van der Waals surface area contributed by atoms with Crippen molar-refractivity contribution in [1.82, 2.24) is 20.0 Å². The SMILES string of the molecule is Cc1nc(N)c2c(C)c(C(=O)N(C)Cc3c(C)noc3C)sc2n1. The first-order valence-corrected chi connectivity index (χ1v) is 8.31. The van der Waals surface area contributed by atoms with Crippen LogP contribution in [0.25, 0.3) is 10.2 Å². The number of nitrogens with two attached hydrogens (primary N) is 1. The number of fused-ring (bicyclic) bond motifs is 1. The zero-order chi connectivity index (χ0) is 17.6. The summed E-state index contributed by atoms with van der Waals surface area (Å²) in [5.74, 6) is 1.67. The van der Waals surface area contributed by atoms with Crippen molar-refractivity contribution in [1.29, 1.82) is 0 Å². The first kappa shape index (κ1) is 16.4. The molecule has 3 rings (SSSR count). The van der Waals surface area contributed by atoms with E-state index in [2.05, 4.69) is 15.1 Å². The lowest BCUT2D eigenvalue weighted by molar-refractivity contribution is 0.0789. The number of hydrogen-bond acceptors (Lipinski definition) is 7. The molecule has 0 aliphatic carbocycles. The van der Waals surface area contributed by atoms with Crippen LogP contribution in [0, 0.1) is 27.7 Å². The van der Waals surface area contributed by atoms with Gasteiger partial charge in [0.25, 0.3) is 5.91 Å². The van der Waals surface area contributed by atoms with Gasteiger partial charge in [0.05, 0.1) is 22.5 Å². The molecule has 0 atom stereocenters. The molecule has 0 aromatic carbocycles. The van der Waals surface area contributed by atoms with Crippen LogP contribution in [0.1, 0.15) is 38.1 Å². The quantitative estimate of drug-likeness (QED) is 0.784. The van der Waals surface area contributed by atoms with Crippen molar-refractivity contribution in [3.63, 3.8) is 0 Å². The number of nitrogen functional groups attached to an aromatic ring is 1. The van der Waals surface area contributed by atoms with Gasteiger partial charge in [-0.3, -0.25) is 4.79 Å². The van der Waals surface area contributed by atoms with Gasteiger partial charge >= 0.3 is 0 Å². The zero-order valence-corrected chi connectivity index (χ0v) is 15.1. The highest BCUT2D eigenvalue weighted by molar-refractivity contribution is 7.20. The van der Waals surface area contributed by atoms with E-state index in [1.165, 1.54) is 11.3 Å². The van der Waals surface area contributed by atoms with Crippen LogP contribution in [0.15, 0.2) is 4.52 Å². The van der Waals surface area contributed by atoms with Crippen molar-refractivity contribution < 1.29 is 9.32 Å². The number of hydrogen-bond donors (Lipinski definition) is 1. The van der Waals surface area contributed by atoms with E-state index in [0.29, 0.717) is 23.1 Å². The molecule has 0 saturated carbocycles. The Balaban J connectivity index is 1.96. The van der Waals surface area contributed by atoms with Crippen molar-refractivity contribution in [2.75, 3.05) is 12.8 Å². The highest BCUT2D eigenvalue weighted by Crippen LogP contribution is 2.33. The molecule has 0 radical (unpaired) electrons. The van der Waals surface area contributed by atoms with Crippen LogP contribution >= 0.6 is 11.3 Å². The Morgan fingerprint density at radius 3 is 2.58 bits per heavy atom. The van der Waals surface area contributed by atoms with Gasteiger partial charge in [-0.05, 0) is 33.3 Å². The third kappa shape index (κ3) is 2.62. The number of anilines is 1. The van der Waals surface area contributed by atoms with Crippen LogP contribution in [0.5, 0.6) is 0 Å². The van der Waals surface area contributed by atoms with Gasteiger partial charge in [0.2, 0.25) is 0 Å². The molecule has 3 heterocycles. The molecule has 0 bridgehead atoms. The van der Waals surface area contributed by atoms with Gasteiger partial charge in [-0.25, -0.2) is 9.97 Å². The molecule has 0 aliphatic heterocycles. The molecular weight excluding hydrogens is 326 g/mol. The number of aryl methyl sites for hydroxylation is 4. The van der Waals surface area contributed by atoms with Gasteiger partial charge in [0.15, 0.2) is 0 Å². The zero-order valence-electron chi connectivity index (χ0n) is 14.3. The first-order valence-electron chi connectivity index (χ1n) is 7.50. The predicted molar refractivity (Wildman–Crippen MR) is 93.1 cm³/mol. The summed E-state index contributed by atoms with van der Waals surface area (Å²) in [6.45, 7) is 7.82. The van der Waals surface area contributed by atoms with E-state index in [4.69, 9.17) is 10.3 Å². The molecule has 126 valence electrons. The summed E-state index contributed by atoms with van der Waals surface area (Å²) in [6.07, 6.45) is 0. The van der Waals surface area contributed by atoms with Gasteiger partial charge in [-0.2, -0.15) is 0 Å². The van der Waals surface area contributed by atoms with E-state index in [9.17, 15) is 4.79 Å². The van der Waals surface area contributed by atoms with E-state index < -0.39 is 0 Å². The topological polar surface area (TPSA) is 98.1 Å². The monoisotopic (exact) mass is 345 g/mol. The fourth-order valence-corrected chi connectivity index (χ4v) is 3.92. The average molecular weight is 345 g/mol. The van der Waals surface area contributed by atoms with Crippen LogP contribution in [0.2, 0.25) is 0 Å². The number of thiophene rings is 1. The molecule has 2 N–H and O–H groups in total. The lowest BCUT2D eigenvalue weighted by atomic mass is 10.1. The van der Waals surface area contributed by atoms with Crippen LogP contribution in [0.3, 0.4) is 0 Å². The number of aromatic nitrogens is 3. The molecular formula is C16H19N5O2S. The van der Waals surface area contributed by atoms with Gasteiger partial charge in [0, 0.05) is 12.6 Å². The molecule has 8 heteroatoms. The number of nitrogens with zero attached hydrogens (tertiary/aromatic N) is 4. The van der Waals surface area contributed by atoms with Crippen molar-refractivity contribution >= 4 is 33.3 Å². The lowest BCUT2D eigenvalue weighted by Crippen LogP contribution is -2.26. The largest absolute Gasteiger partial charge is 0.383 e. The van der Waals surface area contributed by atoms with Crippen molar-refractivity contribution in [3.8, 4) is 0 Å². The maximum Gasteiger partial charge on any atom is 0.264 e. The van der Waals surface area contributed by atoms with E-state index in [1.807, 2.05) is 20.8 Å². The van der Waals surface area contributed by atoms with E-state index in [-0.39, 0.29) is 5.91 Å². The van der Waals surface area contributed by atoms with E-state index >= 15 is 0 Å². The summed E-state index contributed by atoms with van der Waals surface area (Å²) >= 11 is 1.35. The van der Waals surface area contributed by atoms with E-state index in [0.717, 1.165) is 32.8 Å². The minimum atomic E-state index is -0.0763. The second-order valence-electron chi connectivity index (χ2n) is 5.86. The Morgan fingerprint density at radius 2 is 1.96 bits per heavy atom. The number of carbonyl (C=O) groups excluding carboxylic acids is 1. The molecule has 0 aliphatic rings. The van der Waals surface area contributed by atoms with Gasteiger partial charge < -0.3 is 15.2 Å². The summed E-state index contributed by atoms with van der Waals surface area (Å²) in [5, 5.41) is 4.69. The Hall–Kier alpha value is -2.48. The summed E-state index contributed by atoms with van der Waals surface area (Å²) < 4.78 is 5.16. The maximum absolute atomic E-state index is 12.9. The summed E-state index contributed by atoms with van der Waals surface area (Å²) in [4.78, 5) is 24.5. The van der Waals surface area contributed by atoms with Crippen molar-refractivity contribution in [2.24, 2.45) is 0 Å². The fourth-order valence-electron chi connectivity index (χ4n) is 2.69. The third-order valence-electron chi connectivity index (χ3n) is 4.05. The summed E-state index contributed by atoms with van der Waals surface area (Å²) in [6, 6.07) is 0. The Kier molecular flexibility index (Phi) is 4.00. The van der Waals surface area contributed by atoms with Crippen molar-refractivity contribution in [3.05, 3.63) is 33.3 Å². The minimum absolute atomic E-state index is 0.0763. The highest BCUT2D eigenvalue weighted by Gasteiger charge is 2.23. The van der Waals surface area contributed by atoms with Gasteiger partial charge in [-0.1, -0.05) is 5.16 Å². The predicted octanol–water partition coefficient (Wildman–Crippen LogP) is 2.77. The first-order chi connectivity index (χ1) is 11.3. The fraction of sp³-hybridized carbons (Fsp3) is 0.375. The minimum Gasteiger partial charge on any atom is -0.383 e. The normalized spacial score (nSPS) is 11.2. The molecule has 3 aromatic heterocycles. The standard InChI is InChI=1S/C16H19N5O2S/c1-7-12-14(17)18-10(4)19-15(12)24-13(7)16(22)21(5)6-11-8(2)20-23-9(11)3/h6H2,1-5H3,(H2,17,18,19). The maximum atomic E-state index is 12.9. The van der Waals surface area contributed by atoms with Crippen LogP contribution < -0.4 is 5.73 Å². The summed E-state index contributed by atoms with van der Waals surface area (Å²) in [5.41, 5.74) is 8.56. The summed E-state index contributed by atoms with van der Waals surface area (Å²) in [7, 11) is 1.76. The number of amides is 1. The van der Waals surface area contributed by atoms with Crippen molar-refractivity contribution in [2.45, 2.75) is 34.2 Å². The highest BCUT2D eigenvalue weighted by atomic mass is 32.1. The smallest absolute Gasteiger partial charge is 0.264 e. The molecule has 24 heavy (non-hydrogen) atoms. The second kappa shape index (κ2) is 5.86. The number of carbonyl (C=O) groups is 1. The molecule has 7 nitrogen and oxygen atoms in total. The van der Waals surface area contributed by atoms with E-state index in [1.54, 1.807) is 18.9 Å². The number of rotatable bonds is 3. The molecule has 3 aromatic rings. The van der Waals surface area contributed by atoms with Crippen LogP contribution in [0.4, 0.5) is 5.82 Å². The molecule has 0 spiro atoms. The Bertz CT molecular complexity index is 924. The Morgan fingerprint density at radius 1 is 1.25 bits per heavy atom. The van der Waals surface area contributed by atoms with Crippen LogP contribution in [-0.2, 0) is 6.54 Å². The lowest BCUT2D eigenvalue weighted by Gasteiger charge is -2.16. The molecule has 0 saturated heterocycles. The average Bonchev–Trinajstić information content (AvgIpc) is 3.00. The third-order valence-corrected chi connectivity index (χ3v) is 5.22. The van der Waals surface area contributed by atoms with Gasteiger partial charge in [0.1, 0.15) is 22.2 Å². The van der Waals surface area contributed by atoms with Crippen LogP contribution in [-0.4, -0.2) is 33.0 Å². The van der Waals surface area contributed by atoms with Gasteiger partial charge in [-0.15, -0.1) is 11.3 Å². The Labute approximate surface area is 143 Å². The molecule has 0 unspecified atom stereocenters. The molecule has 0 fully saturated rings. The molecule has 1 amide bonds. The second-order valence-corrected chi connectivity index (χ2v) is 6.86.